The second-order valence-electron chi connectivity index (χ2n) is 7.07. The summed E-state index contributed by atoms with van der Waals surface area (Å²) in [6, 6.07) is 0.509. The molecule has 2 fully saturated rings. The van der Waals surface area contributed by atoms with Crippen LogP contribution in [0.1, 0.15) is 59.3 Å². The molecule has 1 aliphatic heterocycles. The van der Waals surface area contributed by atoms with Crippen LogP contribution in [0.2, 0.25) is 0 Å². The van der Waals surface area contributed by atoms with Crippen molar-refractivity contribution in [1.29, 1.82) is 0 Å². The highest BCUT2D eigenvalue weighted by Crippen LogP contribution is 2.29. The molecule has 0 aromatic heterocycles. The topological polar surface area (TPSA) is 32.3 Å². The van der Waals surface area contributed by atoms with Crippen molar-refractivity contribution in [1.82, 2.24) is 10.2 Å². The fourth-order valence-corrected chi connectivity index (χ4v) is 3.84. The van der Waals surface area contributed by atoms with Gasteiger partial charge in [0.1, 0.15) is 0 Å². The molecular formula is C17H32N2O. The van der Waals surface area contributed by atoms with Crippen molar-refractivity contribution >= 4 is 5.91 Å². The van der Waals surface area contributed by atoms with Crippen LogP contribution in [0.15, 0.2) is 0 Å². The molecule has 1 N–H and O–H groups in total. The number of rotatable bonds is 6. The number of amides is 1. The lowest BCUT2D eigenvalue weighted by Crippen LogP contribution is -2.46. The van der Waals surface area contributed by atoms with Crippen LogP contribution in [0.3, 0.4) is 0 Å². The van der Waals surface area contributed by atoms with Crippen LogP contribution in [0.4, 0.5) is 0 Å². The minimum Gasteiger partial charge on any atom is -0.341 e. The Morgan fingerprint density at radius 2 is 1.90 bits per heavy atom. The summed E-state index contributed by atoms with van der Waals surface area (Å²) >= 11 is 0. The first-order valence-electron chi connectivity index (χ1n) is 8.63. The third kappa shape index (κ3) is 3.97. The molecule has 1 heterocycles. The Morgan fingerprint density at radius 3 is 2.45 bits per heavy atom. The zero-order valence-electron chi connectivity index (χ0n) is 13.5. The third-order valence-electron chi connectivity index (χ3n) is 5.29. The summed E-state index contributed by atoms with van der Waals surface area (Å²) in [4.78, 5) is 14.3. The van der Waals surface area contributed by atoms with Gasteiger partial charge in [-0.25, -0.2) is 0 Å². The summed E-state index contributed by atoms with van der Waals surface area (Å²) in [6.07, 6.45) is 7.58. The van der Waals surface area contributed by atoms with Crippen LogP contribution in [-0.4, -0.2) is 36.5 Å². The second kappa shape index (κ2) is 7.44. The van der Waals surface area contributed by atoms with Gasteiger partial charge in [-0.2, -0.15) is 0 Å². The standard InChI is InChI=1S/C17H32N2O/c1-4-18-16(14-8-6-5-7-9-14)12-19-11-15(13(2)3)10-17(19)20/h13-16,18H,4-12H2,1-3H3. The fraction of sp³-hybridized carbons (Fsp3) is 0.941. The predicted octanol–water partition coefficient (Wildman–Crippen LogP) is 3.05. The van der Waals surface area contributed by atoms with Crippen LogP contribution in [0, 0.1) is 17.8 Å². The van der Waals surface area contributed by atoms with E-state index in [0.29, 0.717) is 23.8 Å². The van der Waals surface area contributed by atoms with E-state index in [1.807, 2.05) is 0 Å². The summed E-state index contributed by atoms with van der Waals surface area (Å²) in [7, 11) is 0. The van der Waals surface area contributed by atoms with E-state index in [9.17, 15) is 4.79 Å². The van der Waals surface area contributed by atoms with E-state index < -0.39 is 0 Å². The van der Waals surface area contributed by atoms with Crippen molar-refractivity contribution in [2.75, 3.05) is 19.6 Å². The molecule has 0 spiro atoms. The van der Waals surface area contributed by atoms with Gasteiger partial charge in [0, 0.05) is 25.6 Å². The average molecular weight is 280 g/mol. The summed E-state index contributed by atoms with van der Waals surface area (Å²) in [6.45, 7) is 9.58. The van der Waals surface area contributed by atoms with E-state index >= 15 is 0 Å². The summed E-state index contributed by atoms with van der Waals surface area (Å²) < 4.78 is 0. The molecule has 0 aromatic carbocycles. The Hall–Kier alpha value is -0.570. The molecule has 1 saturated carbocycles. The molecule has 1 amide bonds. The molecule has 0 aromatic rings. The number of hydrogen-bond acceptors (Lipinski definition) is 2. The molecule has 116 valence electrons. The van der Waals surface area contributed by atoms with Gasteiger partial charge < -0.3 is 10.2 Å². The van der Waals surface area contributed by atoms with E-state index in [2.05, 4.69) is 31.0 Å². The first-order valence-corrected chi connectivity index (χ1v) is 8.63. The first-order chi connectivity index (χ1) is 9.61. The largest absolute Gasteiger partial charge is 0.341 e. The quantitative estimate of drug-likeness (QED) is 0.811. The lowest BCUT2D eigenvalue weighted by molar-refractivity contribution is -0.128. The number of nitrogens with one attached hydrogen (secondary N) is 1. The molecule has 1 saturated heterocycles. The van der Waals surface area contributed by atoms with Crippen molar-refractivity contribution < 1.29 is 4.79 Å². The molecule has 0 radical (unpaired) electrons. The highest BCUT2D eigenvalue weighted by atomic mass is 16.2. The smallest absolute Gasteiger partial charge is 0.222 e. The van der Waals surface area contributed by atoms with E-state index in [4.69, 9.17) is 0 Å². The maximum Gasteiger partial charge on any atom is 0.222 e. The van der Waals surface area contributed by atoms with Crippen molar-refractivity contribution in [3.8, 4) is 0 Å². The number of hydrogen-bond donors (Lipinski definition) is 1. The van der Waals surface area contributed by atoms with Gasteiger partial charge in [-0.05, 0) is 37.1 Å². The highest BCUT2D eigenvalue weighted by molar-refractivity contribution is 5.78. The fourth-order valence-electron chi connectivity index (χ4n) is 3.84. The number of nitrogens with zero attached hydrogens (tertiary/aromatic N) is 1. The second-order valence-corrected chi connectivity index (χ2v) is 7.07. The summed E-state index contributed by atoms with van der Waals surface area (Å²) in [5.74, 6) is 2.34. The number of carbonyl (C=O) groups excluding carboxylic acids is 1. The zero-order chi connectivity index (χ0) is 14.5. The van der Waals surface area contributed by atoms with Gasteiger partial charge in [0.25, 0.3) is 0 Å². The number of carbonyl (C=O) groups is 1. The van der Waals surface area contributed by atoms with Crippen LogP contribution in [-0.2, 0) is 4.79 Å². The molecule has 0 bridgehead atoms. The molecule has 2 rings (SSSR count). The van der Waals surface area contributed by atoms with E-state index in [1.165, 1.54) is 32.1 Å². The average Bonchev–Trinajstić information content (AvgIpc) is 2.81. The van der Waals surface area contributed by atoms with Gasteiger partial charge in [-0.15, -0.1) is 0 Å². The van der Waals surface area contributed by atoms with Crippen LogP contribution < -0.4 is 5.32 Å². The summed E-state index contributed by atoms with van der Waals surface area (Å²) in [5, 5.41) is 3.65. The van der Waals surface area contributed by atoms with E-state index in [1.54, 1.807) is 0 Å². The van der Waals surface area contributed by atoms with Crippen LogP contribution >= 0.6 is 0 Å². The predicted molar refractivity (Wildman–Crippen MR) is 83.6 cm³/mol. The lowest BCUT2D eigenvalue weighted by atomic mass is 9.83. The Kier molecular flexibility index (Phi) is 5.88. The van der Waals surface area contributed by atoms with Gasteiger partial charge in [0.15, 0.2) is 0 Å². The minimum atomic E-state index is 0.377. The summed E-state index contributed by atoms with van der Waals surface area (Å²) in [5.41, 5.74) is 0. The molecule has 2 aliphatic rings. The SMILES string of the molecule is CCNC(CN1CC(C(C)C)CC1=O)C1CCCCC1. The molecular weight excluding hydrogens is 248 g/mol. The highest BCUT2D eigenvalue weighted by Gasteiger charge is 2.34. The number of likely N-dealkylation sites (N-methyl/N-ethyl adjacent to an activating group) is 1. The van der Waals surface area contributed by atoms with E-state index in [0.717, 1.165) is 32.0 Å². The Labute approximate surface area is 124 Å². The molecule has 3 nitrogen and oxygen atoms in total. The van der Waals surface area contributed by atoms with Crippen LogP contribution in [0.5, 0.6) is 0 Å². The van der Waals surface area contributed by atoms with Gasteiger partial charge in [0.2, 0.25) is 5.91 Å². The Bertz CT molecular complexity index is 310. The van der Waals surface area contributed by atoms with E-state index in [-0.39, 0.29) is 0 Å². The Morgan fingerprint density at radius 1 is 1.20 bits per heavy atom. The van der Waals surface area contributed by atoms with Gasteiger partial charge in [-0.1, -0.05) is 40.0 Å². The maximum atomic E-state index is 12.2. The van der Waals surface area contributed by atoms with Crippen molar-refractivity contribution in [2.24, 2.45) is 17.8 Å². The van der Waals surface area contributed by atoms with Gasteiger partial charge >= 0.3 is 0 Å². The molecule has 2 atom stereocenters. The van der Waals surface area contributed by atoms with Gasteiger partial charge in [0.05, 0.1) is 0 Å². The molecule has 20 heavy (non-hydrogen) atoms. The normalized spacial score (nSPS) is 26.5. The molecule has 1 aliphatic carbocycles. The molecule has 2 unspecified atom stereocenters. The van der Waals surface area contributed by atoms with Crippen molar-refractivity contribution in [2.45, 2.75) is 65.3 Å². The number of likely N-dealkylation sites (tertiary alicyclic amines) is 1. The van der Waals surface area contributed by atoms with Crippen molar-refractivity contribution in [3.63, 3.8) is 0 Å². The zero-order valence-corrected chi connectivity index (χ0v) is 13.5. The lowest BCUT2D eigenvalue weighted by Gasteiger charge is -2.34. The third-order valence-corrected chi connectivity index (χ3v) is 5.29. The van der Waals surface area contributed by atoms with Gasteiger partial charge in [-0.3, -0.25) is 4.79 Å². The van der Waals surface area contributed by atoms with Crippen LogP contribution in [0.25, 0.3) is 0 Å². The maximum absolute atomic E-state index is 12.2. The Balaban J connectivity index is 1.92. The first kappa shape index (κ1) is 15.8. The molecule has 3 heteroatoms. The monoisotopic (exact) mass is 280 g/mol. The minimum absolute atomic E-state index is 0.377. The van der Waals surface area contributed by atoms with Crippen molar-refractivity contribution in [3.05, 3.63) is 0 Å².